The SMILES string of the molecule is CNC(c1cccc(OC)c1)C(C)CN. The highest BCUT2D eigenvalue weighted by molar-refractivity contribution is 5.30. The molecule has 1 aromatic rings. The van der Waals surface area contributed by atoms with Crippen LogP contribution in [0.25, 0.3) is 0 Å². The zero-order valence-corrected chi connectivity index (χ0v) is 9.66. The highest BCUT2D eigenvalue weighted by Crippen LogP contribution is 2.24. The van der Waals surface area contributed by atoms with Gasteiger partial charge in [-0.3, -0.25) is 0 Å². The lowest BCUT2D eigenvalue weighted by Gasteiger charge is -2.23. The van der Waals surface area contributed by atoms with E-state index < -0.39 is 0 Å². The number of nitrogens with two attached hydrogens (primary N) is 1. The number of benzene rings is 1. The lowest BCUT2D eigenvalue weighted by Crippen LogP contribution is -2.28. The van der Waals surface area contributed by atoms with Crippen LogP contribution in [0.15, 0.2) is 24.3 Å². The molecule has 3 nitrogen and oxygen atoms in total. The molecule has 0 aliphatic heterocycles. The number of hydrogen-bond acceptors (Lipinski definition) is 3. The van der Waals surface area contributed by atoms with E-state index in [1.165, 1.54) is 5.56 Å². The molecule has 0 aliphatic rings. The van der Waals surface area contributed by atoms with Crippen LogP contribution in [-0.2, 0) is 0 Å². The third-order valence-corrected chi connectivity index (χ3v) is 2.70. The third kappa shape index (κ3) is 2.94. The van der Waals surface area contributed by atoms with E-state index in [1.54, 1.807) is 7.11 Å². The lowest BCUT2D eigenvalue weighted by molar-refractivity contribution is 0.402. The first kappa shape index (κ1) is 12.0. The minimum Gasteiger partial charge on any atom is -0.497 e. The van der Waals surface area contributed by atoms with Crippen molar-refractivity contribution in [3.63, 3.8) is 0 Å². The molecule has 84 valence electrons. The van der Waals surface area contributed by atoms with Gasteiger partial charge in [-0.15, -0.1) is 0 Å². The van der Waals surface area contributed by atoms with Crippen LogP contribution in [-0.4, -0.2) is 20.7 Å². The lowest BCUT2D eigenvalue weighted by atomic mass is 9.94. The standard InChI is InChI=1S/C12H20N2O/c1-9(8-13)12(14-2)10-5-4-6-11(7-10)15-3/h4-7,9,12,14H,8,13H2,1-3H3. The van der Waals surface area contributed by atoms with Crippen molar-refractivity contribution < 1.29 is 4.74 Å². The molecule has 0 fully saturated rings. The van der Waals surface area contributed by atoms with Crippen LogP contribution < -0.4 is 15.8 Å². The van der Waals surface area contributed by atoms with Gasteiger partial charge < -0.3 is 15.8 Å². The van der Waals surface area contributed by atoms with Crippen molar-refractivity contribution in [2.45, 2.75) is 13.0 Å². The molecular formula is C12H20N2O. The Kier molecular flexibility index (Phi) is 4.59. The van der Waals surface area contributed by atoms with Crippen molar-refractivity contribution in [3.05, 3.63) is 29.8 Å². The molecule has 0 heterocycles. The van der Waals surface area contributed by atoms with Crippen LogP contribution in [0.1, 0.15) is 18.5 Å². The highest BCUT2D eigenvalue weighted by Gasteiger charge is 2.16. The monoisotopic (exact) mass is 208 g/mol. The van der Waals surface area contributed by atoms with Crippen LogP contribution >= 0.6 is 0 Å². The Morgan fingerprint density at radius 2 is 2.20 bits per heavy atom. The summed E-state index contributed by atoms with van der Waals surface area (Å²) in [4.78, 5) is 0. The number of rotatable bonds is 5. The minimum atomic E-state index is 0.282. The van der Waals surface area contributed by atoms with Crippen molar-refractivity contribution in [2.75, 3.05) is 20.7 Å². The summed E-state index contributed by atoms with van der Waals surface area (Å²) in [6, 6.07) is 8.37. The molecule has 3 heteroatoms. The third-order valence-electron chi connectivity index (χ3n) is 2.70. The van der Waals surface area contributed by atoms with Gasteiger partial charge in [-0.1, -0.05) is 19.1 Å². The maximum atomic E-state index is 5.69. The molecular weight excluding hydrogens is 188 g/mol. The fraction of sp³-hybridized carbons (Fsp3) is 0.500. The predicted octanol–water partition coefficient (Wildman–Crippen LogP) is 1.55. The molecule has 1 aromatic carbocycles. The zero-order chi connectivity index (χ0) is 11.3. The van der Waals surface area contributed by atoms with E-state index in [0.29, 0.717) is 12.5 Å². The van der Waals surface area contributed by atoms with Gasteiger partial charge in [0.15, 0.2) is 0 Å². The number of ether oxygens (including phenoxy) is 1. The molecule has 3 N–H and O–H groups in total. The maximum absolute atomic E-state index is 5.69. The van der Waals surface area contributed by atoms with Gasteiger partial charge in [-0.25, -0.2) is 0 Å². The normalized spacial score (nSPS) is 14.7. The molecule has 0 saturated heterocycles. The second-order valence-electron chi connectivity index (χ2n) is 3.76. The number of hydrogen-bond donors (Lipinski definition) is 2. The summed E-state index contributed by atoms with van der Waals surface area (Å²) in [7, 11) is 3.64. The molecule has 2 unspecified atom stereocenters. The molecule has 0 spiro atoms. The van der Waals surface area contributed by atoms with E-state index in [2.05, 4.69) is 18.3 Å². The largest absolute Gasteiger partial charge is 0.497 e. The summed E-state index contributed by atoms with van der Waals surface area (Å²) in [5.41, 5.74) is 6.90. The smallest absolute Gasteiger partial charge is 0.119 e. The Balaban J connectivity index is 2.91. The molecule has 0 aromatic heterocycles. The van der Waals surface area contributed by atoms with Crippen molar-refractivity contribution in [1.29, 1.82) is 0 Å². The summed E-state index contributed by atoms with van der Waals surface area (Å²) >= 11 is 0. The van der Waals surface area contributed by atoms with Crippen LogP contribution in [0.2, 0.25) is 0 Å². The van der Waals surface area contributed by atoms with Crippen molar-refractivity contribution in [1.82, 2.24) is 5.32 Å². The van der Waals surface area contributed by atoms with Gasteiger partial charge in [0.05, 0.1) is 7.11 Å². The van der Waals surface area contributed by atoms with Crippen molar-refractivity contribution in [2.24, 2.45) is 11.7 Å². The average Bonchev–Trinajstić information content (AvgIpc) is 2.30. The fourth-order valence-corrected chi connectivity index (χ4v) is 1.75. The van der Waals surface area contributed by atoms with Gasteiger partial charge in [0, 0.05) is 6.04 Å². The van der Waals surface area contributed by atoms with Crippen molar-refractivity contribution >= 4 is 0 Å². The first-order valence-electron chi connectivity index (χ1n) is 5.24. The summed E-state index contributed by atoms with van der Waals surface area (Å²) in [5.74, 6) is 1.29. The molecule has 15 heavy (non-hydrogen) atoms. The van der Waals surface area contributed by atoms with E-state index >= 15 is 0 Å². The van der Waals surface area contributed by atoms with Gasteiger partial charge in [0.25, 0.3) is 0 Å². The summed E-state index contributed by atoms with van der Waals surface area (Å²) in [6.07, 6.45) is 0. The Morgan fingerprint density at radius 1 is 1.47 bits per heavy atom. The van der Waals surface area contributed by atoms with Crippen LogP contribution in [0.3, 0.4) is 0 Å². The average molecular weight is 208 g/mol. The number of nitrogens with one attached hydrogen (secondary N) is 1. The van der Waals surface area contributed by atoms with Gasteiger partial charge in [-0.05, 0) is 37.2 Å². The Bertz CT molecular complexity index is 301. The molecule has 2 atom stereocenters. The minimum absolute atomic E-state index is 0.282. The fourth-order valence-electron chi connectivity index (χ4n) is 1.75. The van der Waals surface area contributed by atoms with E-state index in [9.17, 15) is 0 Å². The second-order valence-corrected chi connectivity index (χ2v) is 3.76. The van der Waals surface area contributed by atoms with Crippen LogP contribution in [0, 0.1) is 5.92 Å². The maximum Gasteiger partial charge on any atom is 0.119 e. The molecule has 0 radical (unpaired) electrons. The molecule has 0 amide bonds. The summed E-state index contributed by atoms with van der Waals surface area (Å²) in [6.45, 7) is 2.81. The topological polar surface area (TPSA) is 47.3 Å². The second kappa shape index (κ2) is 5.73. The Hall–Kier alpha value is -1.06. The molecule has 0 bridgehead atoms. The molecule has 0 saturated carbocycles. The van der Waals surface area contributed by atoms with Gasteiger partial charge >= 0.3 is 0 Å². The number of methoxy groups -OCH3 is 1. The molecule has 0 aliphatic carbocycles. The van der Waals surface area contributed by atoms with E-state index in [0.717, 1.165) is 5.75 Å². The van der Waals surface area contributed by atoms with Crippen LogP contribution in [0.4, 0.5) is 0 Å². The summed E-state index contributed by atoms with van der Waals surface area (Å²) in [5, 5.41) is 3.28. The quantitative estimate of drug-likeness (QED) is 0.772. The molecule has 1 rings (SSSR count). The Morgan fingerprint density at radius 3 is 2.73 bits per heavy atom. The first-order chi connectivity index (χ1) is 7.22. The first-order valence-corrected chi connectivity index (χ1v) is 5.24. The van der Waals surface area contributed by atoms with Gasteiger partial charge in [0.2, 0.25) is 0 Å². The van der Waals surface area contributed by atoms with E-state index in [4.69, 9.17) is 10.5 Å². The van der Waals surface area contributed by atoms with Gasteiger partial charge in [0.1, 0.15) is 5.75 Å². The van der Waals surface area contributed by atoms with E-state index in [1.807, 2.05) is 25.2 Å². The highest BCUT2D eigenvalue weighted by atomic mass is 16.5. The van der Waals surface area contributed by atoms with Gasteiger partial charge in [-0.2, -0.15) is 0 Å². The predicted molar refractivity (Wildman–Crippen MR) is 63.0 cm³/mol. The van der Waals surface area contributed by atoms with Crippen LogP contribution in [0.5, 0.6) is 5.75 Å². The Labute approximate surface area is 91.6 Å². The summed E-state index contributed by atoms with van der Waals surface area (Å²) < 4.78 is 5.20. The van der Waals surface area contributed by atoms with E-state index in [-0.39, 0.29) is 6.04 Å². The van der Waals surface area contributed by atoms with Crippen molar-refractivity contribution in [3.8, 4) is 5.75 Å². The zero-order valence-electron chi connectivity index (χ0n) is 9.66.